The Morgan fingerprint density at radius 3 is 2.35 bits per heavy atom. The number of rotatable bonds is 5. The van der Waals surface area contributed by atoms with E-state index in [4.69, 9.17) is 9.73 Å². The average Bonchev–Trinajstić information content (AvgIpc) is 2.56. The van der Waals surface area contributed by atoms with E-state index in [9.17, 15) is 0 Å². The summed E-state index contributed by atoms with van der Waals surface area (Å²) in [5, 5.41) is 3.56. The average molecular weight is 318 g/mol. The van der Waals surface area contributed by atoms with Crippen LogP contribution < -0.4 is 5.32 Å². The van der Waals surface area contributed by atoms with Crippen molar-refractivity contribution in [2.75, 3.05) is 47.9 Å². The standard InChI is InChI=1S/C18H30N4O/c1-21(2)17(19-14-16-8-6-5-7-9-16)20-15-18(22(3)4)10-12-23-13-11-18/h5-9H,10-15H2,1-4H3,(H,19,20). The molecule has 0 spiro atoms. The molecule has 0 amide bonds. The monoisotopic (exact) mass is 318 g/mol. The van der Waals surface area contributed by atoms with Crippen LogP contribution in [0.3, 0.4) is 0 Å². The minimum atomic E-state index is 0.141. The predicted molar refractivity (Wildman–Crippen MR) is 95.7 cm³/mol. The van der Waals surface area contributed by atoms with Gasteiger partial charge in [0, 0.05) is 39.4 Å². The molecular formula is C18H30N4O. The molecule has 1 N–H and O–H groups in total. The summed E-state index contributed by atoms with van der Waals surface area (Å²) in [5.41, 5.74) is 1.36. The number of hydrogen-bond donors (Lipinski definition) is 1. The molecule has 2 rings (SSSR count). The van der Waals surface area contributed by atoms with Crippen molar-refractivity contribution in [2.45, 2.75) is 24.9 Å². The van der Waals surface area contributed by atoms with Gasteiger partial charge in [-0.05, 0) is 32.5 Å². The zero-order chi connectivity index (χ0) is 16.7. The third-order valence-electron chi connectivity index (χ3n) is 4.63. The van der Waals surface area contributed by atoms with Gasteiger partial charge < -0.3 is 19.9 Å². The van der Waals surface area contributed by atoms with Crippen LogP contribution in [0.5, 0.6) is 0 Å². The fraction of sp³-hybridized carbons (Fsp3) is 0.611. The van der Waals surface area contributed by atoms with Crippen molar-refractivity contribution in [3.63, 3.8) is 0 Å². The summed E-state index contributed by atoms with van der Waals surface area (Å²) in [6.07, 6.45) is 2.10. The Bertz CT molecular complexity index is 493. The van der Waals surface area contributed by atoms with E-state index in [0.29, 0.717) is 6.54 Å². The quantitative estimate of drug-likeness (QED) is 0.664. The van der Waals surface area contributed by atoms with Gasteiger partial charge in [-0.1, -0.05) is 30.3 Å². The second-order valence-electron chi connectivity index (χ2n) is 6.60. The van der Waals surface area contributed by atoms with Gasteiger partial charge in [0.15, 0.2) is 5.96 Å². The highest BCUT2D eigenvalue weighted by Gasteiger charge is 2.34. The van der Waals surface area contributed by atoms with E-state index in [1.165, 1.54) is 5.56 Å². The Labute approximate surface area is 140 Å². The molecule has 1 fully saturated rings. The maximum absolute atomic E-state index is 5.54. The zero-order valence-corrected chi connectivity index (χ0v) is 14.9. The van der Waals surface area contributed by atoms with Gasteiger partial charge in [0.1, 0.15) is 0 Å². The van der Waals surface area contributed by atoms with E-state index in [-0.39, 0.29) is 5.54 Å². The molecule has 1 saturated heterocycles. The molecule has 128 valence electrons. The van der Waals surface area contributed by atoms with Crippen molar-refractivity contribution in [3.8, 4) is 0 Å². The van der Waals surface area contributed by atoms with Gasteiger partial charge in [-0.15, -0.1) is 0 Å². The molecule has 5 nitrogen and oxygen atoms in total. The summed E-state index contributed by atoms with van der Waals surface area (Å²) in [5.74, 6) is 0.932. The van der Waals surface area contributed by atoms with Crippen molar-refractivity contribution in [1.82, 2.24) is 15.1 Å². The van der Waals surface area contributed by atoms with Crippen LogP contribution in [0, 0.1) is 0 Å². The van der Waals surface area contributed by atoms with Crippen LogP contribution in [0.1, 0.15) is 18.4 Å². The van der Waals surface area contributed by atoms with Gasteiger partial charge >= 0.3 is 0 Å². The Balaban J connectivity index is 2.01. The first-order valence-electron chi connectivity index (χ1n) is 8.28. The SMILES string of the molecule is CN(C)C(=NCc1ccccc1)NCC1(N(C)C)CCOCC1. The van der Waals surface area contributed by atoms with Crippen molar-refractivity contribution in [1.29, 1.82) is 0 Å². The molecule has 0 saturated carbocycles. The molecule has 0 unspecified atom stereocenters. The zero-order valence-electron chi connectivity index (χ0n) is 14.9. The number of nitrogens with zero attached hydrogens (tertiary/aromatic N) is 3. The van der Waals surface area contributed by atoms with Crippen LogP contribution in [0.4, 0.5) is 0 Å². The molecule has 1 aliphatic rings. The highest BCUT2D eigenvalue weighted by Crippen LogP contribution is 2.25. The van der Waals surface area contributed by atoms with Gasteiger partial charge in [-0.25, -0.2) is 4.99 Å². The van der Waals surface area contributed by atoms with Crippen LogP contribution in [-0.2, 0) is 11.3 Å². The predicted octanol–water partition coefficient (Wildman–Crippen LogP) is 1.80. The number of nitrogens with one attached hydrogen (secondary N) is 1. The maximum atomic E-state index is 5.54. The maximum Gasteiger partial charge on any atom is 0.193 e. The molecule has 1 aromatic rings. The summed E-state index contributed by atoms with van der Waals surface area (Å²) in [6, 6.07) is 10.4. The number of benzene rings is 1. The van der Waals surface area contributed by atoms with Crippen LogP contribution in [0.15, 0.2) is 35.3 Å². The number of hydrogen-bond acceptors (Lipinski definition) is 3. The Morgan fingerprint density at radius 2 is 1.78 bits per heavy atom. The molecule has 0 aliphatic carbocycles. The fourth-order valence-corrected chi connectivity index (χ4v) is 2.88. The molecule has 0 atom stereocenters. The highest BCUT2D eigenvalue weighted by molar-refractivity contribution is 5.79. The summed E-state index contributed by atoms with van der Waals surface area (Å²) >= 11 is 0. The van der Waals surface area contributed by atoms with Crippen molar-refractivity contribution in [3.05, 3.63) is 35.9 Å². The van der Waals surface area contributed by atoms with Gasteiger partial charge in [-0.2, -0.15) is 0 Å². The van der Waals surface area contributed by atoms with Gasteiger partial charge in [0.25, 0.3) is 0 Å². The van der Waals surface area contributed by atoms with Gasteiger partial charge in [-0.3, -0.25) is 0 Å². The lowest BCUT2D eigenvalue weighted by molar-refractivity contribution is -0.00517. The Kier molecular flexibility index (Phi) is 6.42. The number of guanidine groups is 1. The summed E-state index contributed by atoms with van der Waals surface area (Å²) in [4.78, 5) is 9.12. The largest absolute Gasteiger partial charge is 0.381 e. The summed E-state index contributed by atoms with van der Waals surface area (Å²) in [7, 11) is 8.37. The molecule has 1 aromatic carbocycles. The minimum absolute atomic E-state index is 0.141. The molecule has 0 radical (unpaired) electrons. The van der Waals surface area contributed by atoms with Crippen molar-refractivity contribution >= 4 is 5.96 Å². The minimum Gasteiger partial charge on any atom is -0.381 e. The molecule has 23 heavy (non-hydrogen) atoms. The lowest BCUT2D eigenvalue weighted by Gasteiger charge is -2.43. The van der Waals surface area contributed by atoms with E-state index in [0.717, 1.165) is 38.6 Å². The third kappa shape index (κ3) is 4.94. The highest BCUT2D eigenvalue weighted by atomic mass is 16.5. The Hall–Kier alpha value is -1.59. The molecule has 0 aromatic heterocycles. The van der Waals surface area contributed by atoms with Crippen molar-refractivity contribution in [2.24, 2.45) is 4.99 Å². The van der Waals surface area contributed by atoms with Crippen LogP contribution in [0.2, 0.25) is 0 Å². The number of aliphatic imine (C=N–C) groups is 1. The topological polar surface area (TPSA) is 40.1 Å². The van der Waals surface area contributed by atoms with E-state index in [2.05, 4.69) is 48.6 Å². The fourth-order valence-electron chi connectivity index (χ4n) is 2.88. The second kappa shape index (κ2) is 8.31. The van der Waals surface area contributed by atoms with E-state index in [1.807, 2.05) is 25.1 Å². The molecule has 1 aliphatic heterocycles. The third-order valence-corrected chi connectivity index (χ3v) is 4.63. The molecule has 0 bridgehead atoms. The van der Waals surface area contributed by atoms with Crippen LogP contribution in [-0.4, -0.2) is 69.2 Å². The first-order valence-corrected chi connectivity index (χ1v) is 8.28. The summed E-state index contributed by atoms with van der Waals surface area (Å²) < 4.78 is 5.54. The lowest BCUT2D eigenvalue weighted by Crippen LogP contribution is -2.56. The van der Waals surface area contributed by atoms with Crippen LogP contribution in [0.25, 0.3) is 0 Å². The van der Waals surface area contributed by atoms with E-state index in [1.54, 1.807) is 0 Å². The normalized spacial score (nSPS) is 18.0. The molecule has 5 heteroatoms. The molecular weight excluding hydrogens is 288 g/mol. The number of ether oxygens (including phenoxy) is 1. The summed E-state index contributed by atoms with van der Waals surface area (Å²) in [6.45, 7) is 3.24. The van der Waals surface area contributed by atoms with Crippen LogP contribution >= 0.6 is 0 Å². The van der Waals surface area contributed by atoms with Gasteiger partial charge in [0.2, 0.25) is 0 Å². The smallest absolute Gasteiger partial charge is 0.193 e. The number of likely N-dealkylation sites (N-methyl/N-ethyl adjacent to an activating group) is 1. The Morgan fingerprint density at radius 1 is 1.13 bits per heavy atom. The van der Waals surface area contributed by atoms with Crippen molar-refractivity contribution < 1.29 is 4.74 Å². The van der Waals surface area contributed by atoms with E-state index >= 15 is 0 Å². The molecule has 1 heterocycles. The first kappa shape index (κ1) is 17.8. The lowest BCUT2D eigenvalue weighted by atomic mass is 9.88. The second-order valence-corrected chi connectivity index (χ2v) is 6.60. The van der Waals surface area contributed by atoms with E-state index < -0.39 is 0 Å². The van der Waals surface area contributed by atoms with Gasteiger partial charge in [0.05, 0.1) is 6.54 Å². The first-order chi connectivity index (χ1) is 11.0.